The van der Waals surface area contributed by atoms with Gasteiger partial charge in [-0.2, -0.15) is 0 Å². The first-order valence-electron chi connectivity index (χ1n) is 7.78. The van der Waals surface area contributed by atoms with Crippen molar-refractivity contribution < 1.29 is 0 Å². The van der Waals surface area contributed by atoms with Gasteiger partial charge in [0, 0.05) is 18.3 Å². The smallest absolute Gasteiger partial charge is 0.0470 e. The van der Waals surface area contributed by atoms with Gasteiger partial charge in [0.2, 0.25) is 0 Å². The van der Waals surface area contributed by atoms with Gasteiger partial charge in [-0.05, 0) is 42.0 Å². The highest BCUT2D eigenvalue weighted by Crippen LogP contribution is 2.15. The third-order valence-electron chi connectivity index (χ3n) is 3.72. The summed E-state index contributed by atoms with van der Waals surface area (Å²) in [6.07, 6.45) is 2.40. The predicted molar refractivity (Wildman–Crippen MR) is 91.5 cm³/mol. The van der Waals surface area contributed by atoms with Crippen LogP contribution < -0.4 is 11.1 Å². The number of nitrogens with two attached hydrogens (primary N) is 1. The van der Waals surface area contributed by atoms with E-state index in [4.69, 9.17) is 5.73 Å². The van der Waals surface area contributed by atoms with Crippen molar-refractivity contribution in [3.8, 4) is 0 Å². The van der Waals surface area contributed by atoms with E-state index in [1.54, 1.807) is 0 Å². The van der Waals surface area contributed by atoms with Crippen LogP contribution in [-0.2, 0) is 6.42 Å². The molecule has 0 spiro atoms. The summed E-state index contributed by atoms with van der Waals surface area (Å²) in [5, 5.41) is 3.41. The standard InChI is InChI=1S/C19H26N2/c1-15(2)8-9-16-10-12-18(13-11-16)21-14-19(20)17-6-4-3-5-7-17/h3-7,10-13,15,19,21H,8-9,14,20H2,1-2H3. The lowest BCUT2D eigenvalue weighted by Gasteiger charge is -2.14. The van der Waals surface area contributed by atoms with Gasteiger partial charge < -0.3 is 11.1 Å². The maximum Gasteiger partial charge on any atom is 0.0470 e. The molecular formula is C19H26N2. The van der Waals surface area contributed by atoms with Crippen molar-refractivity contribution in [1.29, 1.82) is 0 Å². The van der Waals surface area contributed by atoms with Crippen molar-refractivity contribution >= 4 is 5.69 Å². The van der Waals surface area contributed by atoms with E-state index in [2.05, 4.69) is 55.6 Å². The van der Waals surface area contributed by atoms with Crippen molar-refractivity contribution in [2.45, 2.75) is 32.7 Å². The third kappa shape index (κ3) is 5.24. The van der Waals surface area contributed by atoms with Crippen molar-refractivity contribution in [1.82, 2.24) is 0 Å². The van der Waals surface area contributed by atoms with E-state index in [0.717, 1.165) is 24.6 Å². The molecule has 2 aromatic rings. The maximum absolute atomic E-state index is 6.19. The Kier molecular flexibility index (Phi) is 5.82. The molecule has 21 heavy (non-hydrogen) atoms. The minimum atomic E-state index is 0.0202. The van der Waals surface area contributed by atoms with Gasteiger partial charge in [0.05, 0.1) is 0 Å². The van der Waals surface area contributed by atoms with Gasteiger partial charge >= 0.3 is 0 Å². The Hall–Kier alpha value is -1.80. The Morgan fingerprint density at radius 2 is 1.62 bits per heavy atom. The fraction of sp³-hybridized carbons (Fsp3) is 0.368. The molecule has 0 saturated carbocycles. The van der Waals surface area contributed by atoms with Crippen LogP contribution in [0.2, 0.25) is 0 Å². The van der Waals surface area contributed by atoms with Gasteiger partial charge in [-0.25, -0.2) is 0 Å². The Bertz CT molecular complexity index is 517. The molecule has 0 bridgehead atoms. The van der Waals surface area contributed by atoms with Gasteiger partial charge in [-0.3, -0.25) is 0 Å². The topological polar surface area (TPSA) is 38.0 Å². The van der Waals surface area contributed by atoms with E-state index in [1.807, 2.05) is 18.2 Å². The number of hydrogen-bond donors (Lipinski definition) is 2. The normalized spacial score (nSPS) is 12.4. The second-order valence-corrected chi connectivity index (χ2v) is 6.03. The molecule has 0 amide bonds. The van der Waals surface area contributed by atoms with Crippen LogP contribution in [0.5, 0.6) is 0 Å². The molecule has 0 saturated heterocycles. The summed E-state index contributed by atoms with van der Waals surface area (Å²) in [5.74, 6) is 0.756. The van der Waals surface area contributed by atoms with Gasteiger partial charge in [-0.1, -0.05) is 56.3 Å². The molecule has 2 nitrogen and oxygen atoms in total. The van der Waals surface area contributed by atoms with E-state index < -0.39 is 0 Å². The number of hydrogen-bond acceptors (Lipinski definition) is 2. The Morgan fingerprint density at radius 1 is 0.952 bits per heavy atom. The average Bonchev–Trinajstić information content (AvgIpc) is 2.52. The van der Waals surface area contributed by atoms with Gasteiger partial charge in [0.25, 0.3) is 0 Å². The molecule has 2 aromatic carbocycles. The summed E-state index contributed by atoms with van der Waals surface area (Å²) in [5.41, 5.74) is 9.89. The zero-order chi connectivity index (χ0) is 15.1. The molecule has 0 aliphatic rings. The Labute approximate surface area is 128 Å². The zero-order valence-corrected chi connectivity index (χ0v) is 13.0. The van der Waals surface area contributed by atoms with Crippen molar-refractivity contribution in [3.05, 3.63) is 65.7 Å². The highest BCUT2D eigenvalue weighted by molar-refractivity contribution is 5.45. The summed E-state index contributed by atoms with van der Waals surface area (Å²) in [6, 6.07) is 18.9. The number of nitrogens with one attached hydrogen (secondary N) is 1. The van der Waals surface area contributed by atoms with Crippen molar-refractivity contribution in [2.75, 3.05) is 11.9 Å². The second-order valence-electron chi connectivity index (χ2n) is 6.03. The lowest BCUT2D eigenvalue weighted by atomic mass is 10.0. The van der Waals surface area contributed by atoms with E-state index in [-0.39, 0.29) is 6.04 Å². The van der Waals surface area contributed by atoms with E-state index in [9.17, 15) is 0 Å². The second kappa shape index (κ2) is 7.84. The lowest BCUT2D eigenvalue weighted by Crippen LogP contribution is -2.20. The first-order valence-corrected chi connectivity index (χ1v) is 7.78. The lowest BCUT2D eigenvalue weighted by molar-refractivity contribution is 0.587. The summed E-state index contributed by atoms with van der Waals surface area (Å²) < 4.78 is 0. The monoisotopic (exact) mass is 282 g/mol. The minimum Gasteiger partial charge on any atom is -0.383 e. The van der Waals surface area contributed by atoms with Crippen LogP contribution in [0.25, 0.3) is 0 Å². The largest absolute Gasteiger partial charge is 0.383 e. The van der Waals surface area contributed by atoms with Crippen LogP contribution in [0.15, 0.2) is 54.6 Å². The summed E-state index contributed by atoms with van der Waals surface area (Å²) >= 11 is 0. The molecule has 1 unspecified atom stereocenters. The molecule has 3 N–H and O–H groups in total. The summed E-state index contributed by atoms with van der Waals surface area (Å²) in [6.45, 7) is 5.27. The first kappa shape index (κ1) is 15.6. The fourth-order valence-electron chi connectivity index (χ4n) is 2.29. The third-order valence-corrected chi connectivity index (χ3v) is 3.72. The molecule has 0 heterocycles. The van der Waals surface area contributed by atoms with E-state index in [0.29, 0.717) is 0 Å². The number of benzene rings is 2. The highest BCUT2D eigenvalue weighted by atomic mass is 14.9. The van der Waals surface area contributed by atoms with Crippen LogP contribution >= 0.6 is 0 Å². The van der Waals surface area contributed by atoms with Crippen LogP contribution in [-0.4, -0.2) is 6.54 Å². The zero-order valence-electron chi connectivity index (χ0n) is 13.0. The van der Waals surface area contributed by atoms with Crippen molar-refractivity contribution in [2.24, 2.45) is 11.7 Å². The summed E-state index contributed by atoms with van der Waals surface area (Å²) in [7, 11) is 0. The first-order chi connectivity index (χ1) is 10.1. The summed E-state index contributed by atoms with van der Waals surface area (Å²) in [4.78, 5) is 0. The molecule has 1 atom stereocenters. The molecule has 0 fully saturated rings. The predicted octanol–water partition coefficient (Wildman–Crippen LogP) is 4.39. The molecule has 0 aliphatic heterocycles. The molecule has 0 aliphatic carbocycles. The maximum atomic E-state index is 6.19. The van der Waals surface area contributed by atoms with Gasteiger partial charge in [0.1, 0.15) is 0 Å². The Morgan fingerprint density at radius 3 is 2.24 bits per heavy atom. The molecule has 2 heteroatoms. The molecule has 0 aromatic heterocycles. The Balaban J connectivity index is 1.83. The number of rotatable bonds is 7. The quantitative estimate of drug-likeness (QED) is 0.790. The van der Waals surface area contributed by atoms with Crippen LogP contribution in [0.1, 0.15) is 37.4 Å². The SMILES string of the molecule is CC(C)CCc1ccc(NCC(N)c2ccccc2)cc1. The van der Waals surface area contributed by atoms with Gasteiger partial charge in [0.15, 0.2) is 0 Å². The van der Waals surface area contributed by atoms with E-state index >= 15 is 0 Å². The van der Waals surface area contributed by atoms with Crippen LogP contribution in [0, 0.1) is 5.92 Å². The molecule has 2 rings (SSSR count). The molecule has 112 valence electrons. The highest BCUT2D eigenvalue weighted by Gasteiger charge is 2.04. The minimum absolute atomic E-state index is 0.0202. The fourth-order valence-corrected chi connectivity index (χ4v) is 2.29. The average molecular weight is 282 g/mol. The molecule has 0 radical (unpaired) electrons. The number of aryl methyl sites for hydroxylation is 1. The van der Waals surface area contributed by atoms with Crippen LogP contribution in [0.3, 0.4) is 0 Å². The van der Waals surface area contributed by atoms with Gasteiger partial charge in [-0.15, -0.1) is 0 Å². The van der Waals surface area contributed by atoms with Crippen LogP contribution in [0.4, 0.5) is 5.69 Å². The van der Waals surface area contributed by atoms with E-state index in [1.165, 1.54) is 17.5 Å². The molecular weight excluding hydrogens is 256 g/mol. The number of anilines is 1. The van der Waals surface area contributed by atoms with Crippen molar-refractivity contribution in [3.63, 3.8) is 0 Å².